The SMILES string of the molecule is CC(C)(O)CNCc1cccc2ccccc12. The standard InChI is InChI=1S/C15H19NO/c1-15(2,17)11-16-10-13-8-5-7-12-6-3-4-9-14(12)13/h3-9,16-17H,10-11H2,1-2H3. The summed E-state index contributed by atoms with van der Waals surface area (Å²) in [5, 5.41) is 15.5. The van der Waals surface area contributed by atoms with E-state index >= 15 is 0 Å². The van der Waals surface area contributed by atoms with Crippen LogP contribution in [0.4, 0.5) is 0 Å². The minimum absolute atomic E-state index is 0.593. The van der Waals surface area contributed by atoms with Gasteiger partial charge in [-0.2, -0.15) is 0 Å². The molecule has 0 aliphatic heterocycles. The van der Waals surface area contributed by atoms with Gasteiger partial charge in [0.1, 0.15) is 0 Å². The van der Waals surface area contributed by atoms with Crippen LogP contribution in [-0.4, -0.2) is 17.3 Å². The van der Waals surface area contributed by atoms with Gasteiger partial charge < -0.3 is 10.4 Å². The second-order valence-corrected chi connectivity index (χ2v) is 5.05. The molecule has 2 heteroatoms. The summed E-state index contributed by atoms with van der Waals surface area (Å²) in [6.07, 6.45) is 0. The average Bonchev–Trinajstić information content (AvgIpc) is 2.28. The van der Waals surface area contributed by atoms with Gasteiger partial charge in [-0.05, 0) is 30.2 Å². The largest absolute Gasteiger partial charge is 0.389 e. The topological polar surface area (TPSA) is 32.3 Å². The van der Waals surface area contributed by atoms with Gasteiger partial charge in [0.15, 0.2) is 0 Å². The lowest BCUT2D eigenvalue weighted by atomic mass is 10.0. The molecule has 0 amide bonds. The van der Waals surface area contributed by atoms with Crippen molar-refractivity contribution in [3.05, 3.63) is 48.0 Å². The molecular weight excluding hydrogens is 210 g/mol. The zero-order chi connectivity index (χ0) is 12.3. The third kappa shape index (κ3) is 3.29. The van der Waals surface area contributed by atoms with E-state index in [2.05, 4.69) is 47.8 Å². The van der Waals surface area contributed by atoms with E-state index < -0.39 is 5.60 Å². The monoisotopic (exact) mass is 229 g/mol. The number of aliphatic hydroxyl groups is 1. The molecule has 0 atom stereocenters. The van der Waals surface area contributed by atoms with Crippen LogP contribution in [0.5, 0.6) is 0 Å². The maximum Gasteiger partial charge on any atom is 0.0715 e. The predicted octanol–water partition coefficient (Wildman–Crippen LogP) is 2.70. The highest BCUT2D eigenvalue weighted by molar-refractivity contribution is 5.85. The molecule has 0 radical (unpaired) electrons. The van der Waals surface area contributed by atoms with E-state index in [0.717, 1.165) is 6.54 Å². The van der Waals surface area contributed by atoms with E-state index in [9.17, 15) is 5.11 Å². The van der Waals surface area contributed by atoms with Gasteiger partial charge in [0.2, 0.25) is 0 Å². The van der Waals surface area contributed by atoms with Crippen LogP contribution < -0.4 is 5.32 Å². The first-order chi connectivity index (χ1) is 8.06. The van der Waals surface area contributed by atoms with Crippen molar-refractivity contribution >= 4 is 10.8 Å². The normalized spacial score (nSPS) is 11.9. The van der Waals surface area contributed by atoms with Crippen LogP contribution in [0.2, 0.25) is 0 Å². The summed E-state index contributed by atoms with van der Waals surface area (Å²) < 4.78 is 0. The second-order valence-electron chi connectivity index (χ2n) is 5.05. The highest BCUT2D eigenvalue weighted by Gasteiger charge is 2.11. The van der Waals surface area contributed by atoms with Crippen LogP contribution in [-0.2, 0) is 6.54 Å². The first kappa shape index (κ1) is 12.1. The smallest absolute Gasteiger partial charge is 0.0715 e. The fraction of sp³-hybridized carbons (Fsp3) is 0.333. The number of hydrogen-bond donors (Lipinski definition) is 2. The Hall–Kier alpha value is -1.38. The number of nitrogens with one attached hydrogen (secondary N) is 1. The maximum absolute atomic E-state index is 9.65. The van der Waals surface area contributed by atoms with Crippen LogP contribution in [0.15, 0.2) is 42.5 Å². The molecule has 0 saturated carbocycles. The molecule has 0 heterocycles. The summed E-state index contributed by atoms with van der Waals surface area (Å²) in [7, 11) is 0. The van der Waals surface area contributed by atoms with E-state index in [1.807, 2.05) is 13.8 Å². The highest BCUT2D eigenvalue weighted by Crippen LogP contribution is 2.18. The lowest BCUT2D eigenvalue weighted by molar-refractivity contribution is 0.0795. The van der Waals surface area contributed by atoms with Crippen molar-refractivity contribution in [2.45, 2.75) is 26.0 Å². The minimum atomic E-state index is -0.662. The van der Waals surface area contributed by atoms with Gasteiger partial charge in [-0.3, -0.25) is 0 Å². The Bertz CT molecular complexity index is 494. The molecule has 2 nitrogen and oxygen atoms in total. The van der Waals surface area contributed by atoms with Crippen molar-refractivity contribution in [1.82, 2.24) is 5.32 Å². The molecule has 0 spiro atoms. The van der Waals surface area contributed by atoms with Crippen molar-refractivity contribution in [1.29, 1.82) is 0 Å². The summed E-state index contributed by atoms with van der Waals surface area (Å²) in [6.45, 7) is 4.99. The lowest BCUT2D eigenvalue weighted by Gasteiger charge is -2.18. The Balaban J connectivity index is 2.13. The fourth-order valence-corrected chi connectivity index (χ4v) is 1.95. The summed E-state index contributed by atoms with van der Waals surface area (Å²) in [4.78, 5) is 0. The molecule has 0 aromatic heterocycles. The van der Waals surface area contributed by atoms with Gasteiger partial charge in [0, 0.05) is 13.1 Å². The number of hydrogen-bond acceptors (Lipinski definition) is 2. The van der Waals surface area contributed by atoms with Crippen molar-refractivity contribution < 1.29 is 5.11 Å². The van der Waals surface area contributed by atoms with Gasteiger partial charge >= 0.3 is 0 Å². The zero-order valence-corrected chi connectivity index (χ0v) is 10.4. The third-order valence-corrected chi connectivity index (χ3v) is 2.75. The number of benzene rings is 2. The van der Waals surface area contributed by atoms with Crippen LogP contribution in [0.1, 0.15) is 19.4 Å². The molecule has 0 bridgehead atoms. The van der Waals surface area contributed by atoms with E-state index in [1.54, 1.807) is 0 Å². The second kappa shape index (κ2) is 4.86. The van der Waals surface area contributed by atoms with Gasteiger partial charge in [0.05, 0.1) is 5.60 Å². The summed E-state index contributed by atoms with van der Waals surface area (Å²) in [5.74, 6) is 0. The molecule has 2 aromatic rings. The Morgan fingerprint density at radius 3 is 2.53 bits per heavy atom. The molecular formula is C15H19NO. The quantitative estimate of drug-likeness (QED) is 0.845. The Labute approximate surface area is 102 Å². The predicted molar refractivity (Wildman–Crippen MR) is 72.0 cm³/mol. The van der Waals surface area contributed by atoms with Gasteiger partial charge in [-0.15, -0.1) is 0 Å². The average molecular weight is 229 g/mol. The fourth-order valence-electron chi connectivity index (χ4n) is 1.95. The molecule has 0 aliphatic carbocycles. The highest BCUT2D eigenvalue weighted by atomic mass is 16.3. The lowest BCUT2D eigenvalue weighted by Crippen LogP contribution is -2.34. The Morgan fingerprint density at radius 2 is 1.76 bits per heavy atom. The minimum Gasteiger partial charge on any atom is -0.389 e. The third-order valence-electron chi connectivity index (χ3n) is 2.75. The number of fused-ring (bicyclic) bond motifs is 1. The Morgan fingerprint density at radius 1 is 1.06 bits per heavy atom. The summed E-state index contributed by atoms with van der Waals surface area (Å²) in [6, 6.07) is 14.7. The molecule has 90 valence electrons. The Kier molecular flexibility index (Phi) is 3.46. The van der Waals surface area contributed by atoms with Crippen LogP contribution in [0.3, 0.4) is 0 Å². The summed E-state index contributed by atoms with van der Waals surface area (Å²) >= 11 is 0. The van der Waals surface area contributed by atoms with Gasteiger partial charge in [0.25, 0.3) is 0 Å². The van der Waals surface area contributed by atoms with Gasteiger partial charge in [-0.1, -0.05) is 42.5 Å². The molecule has 0 unspecified atom stereocenters. The molecule has 0 fully saturated rings. The molecule has 2 N–H and O–H groups in total. The molecule has 0 saturated heterocycles. The van der Waals surface area contributed by atoms with E-state index in [0.29, 0.717) is 6.54 Å². The first-order valence-electron chi connectivity index (χ1n) is 5.96. The van der Waals surface area contributed by atoms with Crippen LogP contribution >= 0.6 is 0 Å². The molecule has 0 aliphatic rings. The molecule has 17 heavy (non-hydrogen) atoms. The first-order valence-corrected chi connectivity index (χ1v) is 5.96. The van der Waals surface area contributed by atoms with E-state index in [1.165, 1.54) is 16.3 Å². The molecule has 2 rings (SSSR count). The maximum atomic E-state index is 9.65. The van der Waals surface area contributed by atoms with E-state index in [-0.39, 0.29) is 0 Å². The van der Waals surface area contributed by atoms with Crippen LogP contribution in [0, 0.1) is 0 Å². The van der Waals surface area contributed by atoms with Crippen molar-refractivity contribution in [2.75, 3.05) is 6.54 Å². The van der Waals surface area contributed by atoms with Gasteiger partial charge in [-0.25, -0.2) is 0 Å². The van der Waals surface area contributed by atoms with Crippen LogP contribution in [0.25, 0.3) is 10.8 Å². The van der Waals surface area contributed by atoms with Crippen molar-refractivity contribution in [2.24, 2.45) is 0 Å². The van der Waals surface area contributed by atoms with Crippen molar-refractivity contribution in [3.63, 3.8) is 0 Å². The molecule has 2 aromatic carbocycles. The number of rotatable bonds is 4. The van der Waals surface area contributed by atoms with Crippen molar-refractivity contribution in [3.8, 4) is 0 Å². The summed E-state index contributed by atoms with van der Waals surface area (Å²) in [5.41, 5.74) is 0.609. The van der Waals surface area contributed by atoms with E-state index in [4.69, 9.17) is 0 Å². The zero-order valence-electron chi connectivity index (χ0n) is 10.4.